The van der Waals surface area contributed by atoms with Crippen LogP contribution in [0.2, 0.25) is 0 Å². The third-order valence-electron chi connectivity index (χ3n) is 2.51. The molecular weight excluding hydrogens is 276 g/mol. The molecule has 0 radical (unpaired) electrons. The molecule has 3 nitrogen and oxygen atoms in total. The van der Waals surface area contributed by atoms with Crippen LogP contribution in [-0.4, -0.2) is 18.4 Å². The van der Waals surface area contributed by atoms with E-state index in [1.54, 1.807) is 11.8 Å². The molecule has 0 amide bonds. The molecule has 0 unspecified atom stereocenters. The summed E-state index contributed by atoms with van der Waals surface area (Å²) in [4.78, 5) is 6.81. The third-order valence-corrected chi connectivity index (χ3v) is 4.23. The lowest BCUT2D eigenvalue weighted by molar-refractivity contribution is 0.215. The second-order valence-electron chi connectivity index (χ2n) is 3.63. The molecule has 0 bridgehead atoms. The molecule has 0 saturated carbocycles. The van der Waals surface area contributed by atoms with Crippen LogP contribution in [0.4, 0.5) is 0 Å². The minimum absolute atomic E-state index is 0.662. The molecular formula is C14H12N2OS2. The van der Waals surface area contributed by atoms with Gasteiger partial charge in [-0.15, -0.1) is 11.8 Å². The van der Waals surface area contributed by atoms with Crippen molar-refractivity contribution < 1.29 is 4.84 Å². The van der Waals surface area contributed by atoms with Crippen LogP contribution in [0.15, 0.2) is 51.4 Å². The summed E-state index contributed by atoms with van der Waals surface area (Å²) in [6.45, 7) is 0. The normalized spacial score (nSPS) is 18.5. The lowest BCUT2D eigenvalue weighted by Gasteiger charge is -2.03. The number of benzene rings is 1. The Balaban J connectivity index is 2.33. The molecule has 1 aromatic carbocycles. The fourth-order valence-electron chi connectivity index (χ4n) is 1.62. The van der Waals surface area contributed by atoms with Gasteiger partial charge in [0.05, 0.1) is 5.57 Å². The van der Waals surface area contributed by atoms with E-state index in [4.69, 9.17) is 4.84 Å². The Bertz CT molecular complexity index is 595. The molecule has 19 heavy (non-hydrogen) atoms. The van der Waals surface area contributed by atoms with E-state index in [1.807, 2.05) is 42.7 Å². The molecule has 5 heteroatoms. The molecule has 0 atom stereocenters. The topological polar surface area (TPSA) is 45.4 Å². The highest BCUT2D eigenvalue weighted by molar-refractivity contribution is 8.18. The molecule has 0 N–H and O–H groups in total. The maximum atomic E-state index is 9.35. The van der Waals surface area contributed by atoms with E-state index in [9.17, 15) is 5.26 Å². The SMILES string of the molecule is CON=C1C=CC(=C(C#N)c2ccc(SC)cc2)S1. The molecule has 0 aromatic heterocycles. The molecule has 0 fully saturated rings. The first-order valence-corrected chi connectivity index (χ1v) is 7.58. The zero-order valence-electron chi connectivity index (χ0n) is 10.6. The zero-order chi connectivity index (χ0) is 13.7. The summed E-state index contributed by atoms with van der Waals surface area (Å²) in [5.74, 6) is 0. The predicted molar refractivity (Wildman–Crippen MR) is 81.9 cm³/mol. The first-order chi connectivity index (χ1) is 9.28. The molecule has 96 valence electrons. The fraction of sp³-hybridized carbons (Fsp3) is 0.143. The van der Waals surface area contributed by atoms with Crippen LogP contribution >= 0.6 is 23.5 Å². The zero-order valence-corrected chi connectivity index (χ0v) is 12.2. The number of nitrogens with zero attached hydrogens (tertiary/aromatic N) is 2. The Morgan fingerprint density at radius 3 is 2.63 bits per heavy atom. The van der Waals surface area contributed by atoms with Crippen molar-refractivity contribution in [3.8, 4) is 6.07 Å². The van der Waals surface area contributed by atoms with Crippen LogP contribution in [0.3, 0.4) is 0 Å². The van der Waals surface area contributed by atoms with Crippen LogP contribution in [0, 0.1) is 11.3 Å². The van der Waals surface area contributed by atoms with Gasteiger partial charge >= 0.3 is 0 Å². The lowest BCUT2D eigenvalue weighted by Crippen LogP contribution is -1.86. The number of allylic oxidation sites excluding steroid dienone is 2. The van der Waals surface area contributed by atoms with Crippen molar-refractivity contribution in [1.82, 2.24) is 0 Å². The quantitative estimate of drug-likeness (QED) is 0.480. The standard InChI is InChI=1S/C14H12N2OS2/c1-17-16-14-8-7-13(19-14)12(9-15)10-3-5-11(18-2)6-4-10/h3-8H,1-2H3. The van der Waals surface area contributed by atoms with Gasteiger partial charge in [0, 0.05) is 9.80 Å². The summed E-state index contributed by atoms with van der Waals surface area (Å²) < 4.78 is 0. The summed E-state index contributed by atoms with van der Waals surface area (Å²) in [5, 5.41) is 14.0. The molecule has 1 aliphatic rings. The van der Waals surface area contributed by atoms with Gasteiger partial charge in [-0.1, -0.05) is 29.1 Å². The summed E-state index contributed by atoms with van der Waals surface area (Å²) in [7, 11) is 1.51. The van der Waals surface area contributed by atoms with E-state index in [-0.39, 0.29) is 0 Å². The Morgan fingerprint density at radius 1 is 1.32 bits per heavy atom. The Labute approximate surface area is 121 Å². The third kappa shape index (κ3) is 3.22. The van der Waals surface area contributed by atoms with Crippen LogP contribution < -0.4 is 0 Å². The monoisotopic (exact) mass is 288 g/mol. The average molecular weight is 288 g/mol. The number of thioether (sulfide) groups is 2. The van der Waals surface area contributed by atoms with Gasteiger partial charge in [0.2, 0.25) is 0 Å². The van der Waals surface area contributed by atoms with Gasteiger partial charge in [0.25, 0.3) is 0 Å². The highest BCUT2D eigenvalue weighted by atomic mass is 32.2. The summed E-state index contributed by atoms with van der Waals surface area (Å²) in [5.41, 5.74) is 1.58. The molecule has 1 aliphatic heterocycles. The van der Waals surface area contributed by atoms with E-state index in [0.717, 1.165) is 15.5 Å². The molecule has 0 saturated heterocycles. The van der Waals surface area contributed by atoms with E-state index in [1.165, 1.54) is 23.8 Å². The minimum Gasteiger partial charge on any atom is -0.398 e. The van der Waals surface area contributed by atoms with Crippen molar-refractivity contribution >= 4 is 34.1 Å². The largest absolute Gasteiger partial charge is 0.398 e. The Kier molecular flexibility index (Phi) is 4.72. The van der Waals surface area contributed by atoms with E-state index in [0.29, 0.717) is 5.57 Å². The maximum Gasteiger partial charge on any atom is 0.140 e. The second-order valence-corrected chi connectivity index (χ2v) is 5.57. The summed E-state index contributed by atoms with van der Waals surface area (Å²) in [6, 6.07) is 10.2. The molecule has 1 aromatic rings. The summed E-state index contributed by atoms with van der Waals surface area (Å²) in [6.07, 6.45) is 5.77. The van der Waals surface area contributed by atoms with Crippen LogP contribution in [-0.2, 0) is 4.84 Å². The molecule has 0 aliphatic carbocycles. The first-order valence-electron chi connectivity index (χ1n) is 5.54. The molecule has 1 heterocycles. The van der Waals surface area contributed by atoms with Gasteiger partial charge in [0.15, 0.2) is 0 Å². The van der Waals surface area contributed by atoms with Crippen molar-refractivity contribution in [2.24, 2.45) is 5.16 Å². The van der Waals surface area contributed by atoms with Crippen molar-refractivity contribution in [3.63, 3.8) is 0 Å². The Morgan fingerprint density at radius 2 is 2.05 bits per heavy atom. The smallest absolute Gasteiger partial charge is 0.140 e. The number of nitriles is 1. The van der Waals surface area contributed by atoms with E-state index < -0.39 is 0 Å². The van der Waals surface area contributed by atoms with Gasteiger partial charge < -0.3 is 4.84 Å². The molecule has 2 rings (SSSR count). The predicted octanol–water partition coefficient (Wildman–Crippen LogP) is 3.91. The maximum absolute atomic E-state index is 9.35. The van der Waals surface area contributed by atoms with Crippen molar-refractivity contribution in [2.75, 3.05) is 13.4 Å². The molecule has 0 spiro atoms. The number of oxime groups is 1. The number of hydrogen-bond donors (Lipinski definition) is 0. The van der Waals surface area contributed by atoms with Gasteiger partial charge in [-0.2, -0.15) is 5.26 Å². The number of hydrogen-bond acceptors (Lipinski definition) is 5. The van der Waals surface area contributed by atoms with Crippen molar-refractivity contribution in [2.45, 2.75) is 4.90 Å². The van der Waals surface area contributed by atoms with Crippen LogP contribution in [0.5, 0.6) is 0 Å². The minimum atomic E-state index is 0.662. The van der Waals surface area contributed by atoms with Crippen LogP contribution in [0.1, 0.15) is 5.56 Å². The lowest BCUT2D eigenvalue weighted by atomic mass is 10.1. The van der Waals surface area contributed by atoms with Crippen LogP contribution in [0.25, 0.3) is 5.57 Å². The van der Waals surface area contributed by atoms with E-state index in [2.05, 4.69) is 11.2 Å². The van der Waals surface area contributed by atoms with Gasteiger partial charge in [-0.05, 0) is 36.1 Å². The van der Waals surface area contributed by atoms with Crippen molar-refractivity contribution in [1.29, 1.82) is 5.26 Å². The fourth-order valence-corrected chi connectivity index (χ4v) is 2.90. The summed E-state index contributed by atoms with van der Waals surface area (Å²) >= 11 is 3.12. The average Bonchev–Trinajstić information content (AvgIpc) is 2.89. The van der Waals surface area contributed by atoms with Gasteiger partial charge in [-0.25, -0.2) is 0 Å². The van der Waals surface area contributed by atoms with Gasteiger partial charge in [0.1, 0.15) is 18.2 Å². The first kappa shape index (κ1) is 13.8. The highest BCUT2D eigenvalue weighted by Crippen LogP contribution is 2.34. The Hall–Kier alpha value is -1.64. The van der Waals surface area contributed by atoms with Gasteiger partial charge in [-0.3, -0.25) is 0 Å². The number of rotatable bonds is 3. The highest BCUT2D eigenvalue weighted by Gasteiger charge is 2.15. The van der Waals surface area contributed by atoms with E-state index >= 15 is 0 Å². The second kappa shape index (κ2) is 6.50. The van der Waals surface area contributed by atoms with Crippen molar-refractivity contribution in [3.05, 3.63) is 46.9 Å².